The summed E-state index contributed by atoms with van der Waals surface area (Å²) in [7, 11) is -2.20. The first kappa shape index (κ1) is 18.9. The fraction of sp³-hybridized carbons (Fsp3) is 0.400. The van der Waals surface area contributed by atoms with Crippen molar-refractivity contribution in [2.45, 2.75) is 37.2 Å². The quantitative estimate of drug-likeness (QED) is 0.770. The number of rotatable bonds is 8. The number of aliphatic hydroxyl groups excluding tert-OH is 1. The molecular weight excluding hydrogens is 350 g/mol. The highest BCUT2D eigenvalue weighted by molar-refractivity contribution is 7.89. The molecule has 0 unspecified atom stereocenters. The molecule has 5 nitrogen and oxygen atoms in total. The van der Waals surface area contributed by atoms with Gasteiger partial charge in [0.2, 0.25) is 10.0 Å². The molecule has 26 heavy (non-hydrogen) atoms. The van der Waals surface area contributed by atoms with Gasteiger partial charge in [-0.3, -0.25) is 0 Å². The van der Waals surface area contributed by atoms with E-state index >= 15 is 0 Å². The summed E-state index contributed by atoms with van der Waals surface area (Å²) >= 11 is 0. The van der Waals surface area contributed by atoms with Crippen LogP contribution >= 0.6 is 0 Å². The highest BCUT2D eigenvalue weighted by Crippen LogP contribution is 2.38. The van der Waals surface area contributed by atoms with E-state index < -0.39 is 16.1 Å². The maximum Gasteiger partial charge on any atom is 0.243 e. The standard InChI is InChI=1S/C20H25NO4S/c1-15-12-18(25-2)10-11-20(15)26(23,24)21(19(14-22)17-8-9-17)13-16-6-4-3-5-7-16/h3-7,10-12,17,19,22H,8-9,13-14H2,1-2H3/t19-/m0/s1. The van der Waals surface area contributed by atoms with Gasteiger partial charge in [-0.2, -0.15) is 4.31 Å². The van der Waals surface area contributed by atoms with E-state index in [4.69, 9.17) is 4.74 Å². The summed E-state index contributed by atoms with van der Waals surface area (Å²) in [6.07, 6.45) is 1.90. The van der Waals surface area contributed by atoms with Crippen molar-refractivity contribution in [2.75, 3.05) is 13.7 Å². The minimum Gasteiger partial charge on any atom is -0.497 e. The van der Waals surface area contributed by atoms with E-state index in [9.17, 15) is 13.5 Å². The second-order valence-corrected chi connectivity index (χ2v) is 8.61. The van der Waals surface area contributed by atoms with Crippen LogP contribution in [0.2, 0.25) is 0 Å². The van der Waals surface area contributed by atoms with Crippen LogP contribution in [0.25, 0.3) is 0 Å². The Hall–Kier alpha value is -1.89. The van der Waals surface area contributed by atoms with Crippen LogP contribution in [0.15, 0.2) is 53.4 Å². The lowest BCUT2D eigenvalue weighted by Gasteiger charge is -2.30. The van der Waals surface area contributed by atoms with Crippen LogP contribution in [0.1, 0.15) is 24.0 Å². The molecule has 2 aromatic rings. The SMILES string of the molecule is COc1ccc(S(=O)(=O)N(Cc2ccccc2)[C@@H](CO)C2CC2)c(C)c1. The Bertz CT molecular complexity index is 847. The summed E-state index contributed by atoms with van der Waals surface area (Å²) in [5, 5.41) is 9.92. The minimum absolute atomic E-state index is 0.175. The molecule has 1 aliphatic rings. The fourth-order valence-corrected chi connectivity index (χ4v) is 5.14. The Morgan fingerprint density at radius 3 is 2.42 bits per heavy atom. The lowest BCUT2D eigenvalue weighted by Crippen LogP contribution is -2.43. The van der Waals surface area contributed by atoms with E-state index in [1.807, 2.05) is 30.3 Å². The first-order chi connectivity index (χ1) is 12.5. The van der Waals surface area contributed by atoms with Gasteiger partial charge in [-0.25, -0.2) is 8.42 Å². The molecule has 0 saturated heterocycles. The van der Waals surface area contributed by atoms with E-state index in [1.165, 1.54) is 4.31 Å². The van der Waals surface area contributed by atoms with Crippen molar-refractivity contribution in [1.82, 2.24) is 4.31 Å². The van der Waals surface area contributed by atoms with Crippen molar-refractivity contribution in [3.8, 4) is 5.75 Å². The number of hydrogen-bond acceptors (Lipinski definition) is 4. The highest BCUT2D eigenvalue weighted by Gasteiger charge is 2.41. The monoisotopic (exact) mass is 375 g/mol. The molecule has 0 spiro atoms. The smallest absolute Gasteiger partial charge is 0.243 e. The van der Waals surface area contributed by atoms with E-state index in [0.717, 1.165) is 18.4 Å². The number of hydrogen-bond donors (Lipinski definition) is 1. The molecule has 1 aliphatic carbocycles. The number of ether oxygens (including phenoxy) is 1. The van der Waals surface area contributed by atoms with Crippen molar-refractivity contribution in [3.05, 3.63) is 59.7 Å². The highest BCUT2D eigenvalue weighted by atomic mass is 32.2. The molecule has 1 fully saturated rings. The number of nitrogens with zero attached hydrogens (tertiary/aromatic N) is 1. The summed E-state index contributed by atoms with van der Waals surface area (Å²) in [6.45, 7) is 1.84. The Labute approximate surface area is 155 Å². The maximum atomic E-state index is 13.5. The Balaban J connectivity index is 2.01. The number of methoxy groups -OCH3 is 1. The van der Waals surface area contributed by atoms with Gasteiger partial charge in [-0.1, -0.05) is 30.3 Å². The molecule has 0 aliphatic heterocycles. The Kier molecular flexibility index (Phi) is 5.65. The topological polar surface area (TPSA) is 66.8 Å². The van der Waals surface area contributed by atoms with Crippen molar-refractivity contribution < 1.29 is 18.3 Å². The molecule has 1 N–H and O–H groups in total. The fourth-order valence-electron chi connectivity index (χ4n) is 3.26. The molecule has 140 valence electrons. The predicted molar refractivity (Wildman–Crippen MR) is 100 cm³/mol. The van der Waals surface area contributed by atoms with Crippen molar-refractivity contribution in [1.29, 1.82) is 0 Å². The molecule has 1 saturated carbocycles. The van der Waals surface area contributed by atoms with Crippen LogP contribution in [0.4, 0.5) is 0 Å². The third-order valence-corrected chi connectivity index (χ3v) is 6.90. The van der Waals surface area contributed by atoms with Crippen LogP contribution in [-0.2, 0) is 16.6 Å². The molecule has 0 amide bonds. The molecule has 0 heterocycles. The number of aryl methyl sites for hydroxylation is 1. The van der Waals surface area contributed by atoms with E-state index in [-0.39, 0.29) is 24.0 Å². The third-order valence-electron chi connectivity index (χ3n) is 4.87. The van der Waals surface area contributed by atoms with Gasteiger partial charge >= 0.3 is 0 Å². The van der Waals surface area contributed by atoms with Crippen LogP contribution < -0.4 is 4.74 Å². The average Bonchev–Trinajstić information content (AvgIpc) is 3.47. The van der Waals surface area contributed by atoms with Gasteiger partial charge in [0, 0.05) is 6.54 Å². The minimum atomic E-state index is -3.75. The number of aliphatic hydroxyl groups is 1. The lowest BCUT2D eigenvalue weighted by molar-refractivity contribution is 0.166. The van der Waals surface area contributed by atoms with Gasteiger partial charge in [0.25, 0.3) is 0 Å². The summed E-state index contributed by atoms with van der Waals surface area (Å²) in [6, 6.07) is 14.1. The van der Waals surface area contributed by atoms with Crippen LogP contribution in [0.3, 0.4) is 0 Å². The molecule has 0 aromatic heterocycles. The van der Waals surface area contributed by atoms with Crippen molar-refractivity contribution in [2.24, 2.45) is 5.92 Å². The molecule has 6 heteroatoms. The molecule has 0 radical (unpaired) electrons. The van der Waals surface area contributed by atoms with Crippen molar-refractivity contribution >= 4 is 10.0 Å². The first-order valence-electron chi connectivity index (χ1n) is 8.78. The zero-order valence-corrected chi connectivity index (χ0v) is 15.9. The number of benzene rings is 2. The van der Waals surface area contributed by atoms with Gasteiger partial charge in [0.1, 0.15) is 5.75 Å². The largest absolute Gasteiger partial charge is 0.497 e. The van der Waals surface area contributed by atoms with Gasteiger partial charge < -0.3 is 9.84 Å². The normalized spacial score (nSPS) is 15.8. The Morgan fingerprint density at radius 1 is 1.19 bits per heavy atom. The first-order valence-corrected chi connectivity index (χ1v) is 10.2. The summed E-state index contributed by atoms with van der Waals surface area (Å²) < 4.78 is 33.6. The predicted octanol–water partition coefficient (Wildman–Crippen LogP) is 2.97. The van der Waals surface area contributed by atoms with Gasteiger partial charge in [0.15, 0.2) is 0 Å². The van der Waals surface area contributed by atoms with E-state index in [0.29, 0.717) is 11.3 Å². The molecule has 3 rings (SSSR count). The zero-order valence-electron chi connectivity index (χ0n) is 15.1. The van der Waals surface area contributed by atoms with Crippen LogP contribution in [-0.4, -0.2) is 37.6 Å². The molecular formula is C20H25NO4S. The molecule has 2 aromatic carbocycles. The van der Waals surface area contributed by atoms with Gasteiger partial charge in [-0.15, -0.1) is 0 Å². The molecule has 1 atom stereocenters. The number of sulfonamides is 1. The molecule has 0 bridgehead atoms. The maximum absolute atomic E-state index is 13.5. The lowest BCUT2D eigenvalue weighted by atomic mass is 10.1. The van der Waals surface area contributed by atoms with E-state index in [2.05, 4.69) is 0 Å². The van der Waals surface area contributed by atoms with Crippen LogP contribution in [0, 0.1) is 12.8 Å². The van der Waals surface area contributed by atoms with Gasteiger partial charge in [-0.05, 0) is 55.0 Å². The van der Waals surface area contributed by atoms with Gasteiger partial charge in [0.05, 0.1) is 24.7 Å². The summed E-state index contributed by atoms with van der Waals surface area (Å²) in [4.78, 5) is 0.258. The third kappa shape index (κ3) is 3.92. The summed E-state index contributed by atoms with van der Waals surface area (Å²) in [5.41, 5.74) is 1.54. The second kappa shape index (κ2) is 7.78. The van der Waals surface area contributed by atoms with E-state index in [1.54, 1.807) is 32.2 Å². The van der Waals surface area contributed by atoms with Crippen LogP contribution in [0.5, 0.6) is 5.75 Å². The van der Waals surface area contributed by atoms with Crippen molar-refractivity contribution in [3.63, 3.8) is 0 Å². The second-order valence-electron chi connectivity index (χ2n) is 6.75. The zero-order chi connectivity index (χ0) is 18.7. The average molecular weight is 375 g/mol. The summed E-state index contributed by atoms with van der Waals surface area (Å²) in [5.74, 6) is 0.842. The Morgan fingerprint density at radius 2 is 1.88 bits per heavy atom.